The molecule has 21 heavy (non-hydrogen) atoms. The Balaban J connectivity index is 1.96. The van der Waals surface area contributed by atoms with Crippen LogP contribution in [-0.4, -0.2) is 25.9 Å². The van der Waals surface area contributed by atoms with E-state index in [2.05, 4.69) is 5.32 Å². The van der Waals surface area contributed by atoms with Crippen LogP contribution in [0.15, 0.2) is 29.6 Å². The van der Waals surface area contributed by atoms with E-state index in [0.717, 1.165) is 15.5 Å². The SMILES string of the molecule is COc1cc(OC)cc(C(O)CNCc2sccc2Cl)c1. The molecule has 6 heteroatoms. The number of hydrogen-bond donors (Lipinski definition) is 2. The van der Waals surface area contributed by atoms with E-state index in [9.17, 15) is 5.11 Å². The largest absolute Gasteiger partial charge is 0.497 e. The Hall–Kier alpha value is -1.27. The predicted molar refractivity (Wildman–Crippen MR) is 85.5 cm³/mol. The van der Waals surface area contributed by atoms with Gasteiger partial charge in [-0.3, -0.25) is 0 Å². The third-order valence-electron chi connectivity index (χ3n) is 3.07. The molecule has 1 unspecified atom stereocenters. The molecule has 0 bridgehead atoms. The number of aliphatic hydroxyl groups excluding tert-OH is 1. The molecular weight excluding hydrogens is 310 g/mol. The summed E-state index contributed by atoms with van der Waals surface area (Å²) in [5, 5.41) is 16.2. The first-order valence-corrected chi connectivity index (χ1v) is 7.73. The highest BCUT2D eigenvalue weighted by Gasteiger charge is 2.11. The Morgan fingerprint density at radius 1 is 1.24 bits per heavy atom. The first kappa shape index (κ1) is 16.1. The van der Waals surface area contributed by atoms with E-state index in [1.165, 1.54) is 0 Å². The molecular formula is C15H18ClNO3S. The van der Waals surface area contributed by atoms with Crippen molar-refractivity contribution >= 4 is 22.9 Å². The van der Waals surface area contributed by atoms with Crippen LogP contribution < -0.4 is 14.8 Å². The van der Waals surface area contributed by atoms with Crippen molar-refractivity contribution in [2.24, 2.45) is 0 Å². The first-order chi connectivity index (χ1) is 10.1. The maximum atomic E-state index is 10.3. The smallest absolute Gasteiger partial charge is 0.122 e. The van der Waals surface area contributed by atoms with Crippen molar-refractivity contribution in [2.75, 3.05) is 20.8 Å². The minimum Gasteiger partial charge on any atom is -0.497 e. The molecule has 0 saturated heterocycles. The van der Waals surface area contributed by atoms with Crippen molar-refractivity contribution in [1.82, 2.24) is 5.32 Å². The first-order valence-electron chi connectivity index (χ1n) is 6.47. The second kappa shape index (κ2) is 7.66. The molecule has 0 saturated carbocycles. The lowest BCUT2D eigenvalue weighted by Gasteiger charge is -2.14. The Labute approximate surface area is 133 Å². The van der Waals surface area contributed by atoms with Crippen LogP contribution in [0.25, 0.3) is 0 Å². The summed E-state index contributed by atoms with van der Waals surface area (Å²) in [4.78, 5) is 1.06. The number of nitrogens with one attached hydrogen (secondary N) is 1. The van der Waals surface area contributed by atoms with Crippen LogP contribution in [0.2, 0.25) is 5.02 Å². The van der Waals surface area contributed by atoms with Crippen LogP contribution in [0.4, 0.5) is 0 Å². The second-order valence-electron chi connectivity index (χ2n) is 4.48. The average Bonchev–Trinajstić information content (AvgIpc) is 2.92. The van der Waals surface area contributed by atoms with Gasteiger partial charge in [0.2, 0.25) is 0 Å². The van der Waals surface area contributed by atoms with Crippen molar-refractivity contribution in [3.05, 3.63) is 45.1 Å². The van der Waals surface area contributed by atoms with Gasteiger partial charge in [0.05, 0.1) is 25.3 Å². The van der Waals surface area contributed by atoms with Gasteiger partial charge in [0.25, 0.3) is 0 Å². The van der Waals surface area contributed by atoms with Crippen molar-refractivity contribution in [3.63, 3.8) is 0 Å². The van der Waals surface area contributed by atoms with Gasteiger partial charge in [-0.25, -0.2) is 0 Å². The fourth-order valence-corrected chi connectivity index (χ4v) is 2.99. The van der Waals surface area contributed by atoms with E-state index >= 15 is 0 Å². The molecule has 2 N–H and O–H groups in total. The molecule has 1 atom stereocenters. The molecule has 0 amide bonds. The molecule has 0 aliphatic rings. The second-order valence-corrected chi connectivity index (χ2v) is 5.89. The van der Waals surface area contributed by atoms with Gasteiger partial charge in [0.15, 0.2) is 0 Å². The number of methoxy groups -OCH3 is 2. The van der Waals surface area contributed by atoms with Crippen LogP contribution in [0.1, 0.15) is 16.5 Å². The highest BCUT2D eigenvalue weighted by molar-refractivity contribution is 7.10. The predicted octanol–water partition coefficient (Wildman–Crippen LogP) is 3.24. The molecule has 2 rings (SSSR count). The fraction of sp³-hybridized carbons (Fsp3) is 0.333. The summed E-state index contributed by atoms with van der Waals surface area (Å²) < 4.78 is 10.4. The van der Waals surface area contributed by atoms with Gasteiger partial charge in [0, 0.05) is 24.0 Å². The summed E-state index contributed by atoms with van der Waals surface area (Å²) in [6.45, 7) is 1.05. The normalized spacial score (nSPS) is 12.2. The molecule has 1 aromatic heterocycles. The van der Waals surface area contributed by atoms with Gasteiger partial charge in [-0.15, -0.1) is 11.3 Å². The van der Waals surface area contributed by atoms with Crippen molar-refractivity contribution in [2.45, 2.75) is 12.6 Å². The zero-order chi connectivity index (χ0) is 15.2. The Morgan fingerprint density at radius 3 is 2.43 bits per heavy atom. The number of ether oxygens (including phenoxy) is 2. The highest BCUT2D eigenvalue weighted by Crippen LogP contribution is 2.26. The summed E-state index contributed by atoms with van der Waals surface area (Å²) in [7, 11) is 3.17. The summed E-state index contributed by atoms with van der Waals surface area (Å²) in [6, 6.07) is 7.24. The summed E-state index contributed by atoms with van der Waals surface area (Å²) in [6.07, 6.45) is -0.646. The van der Waals surface area contributed by atoms with E-state index < -0.39 is 6.10 Å². The van der Waals surface area contributed by atoms with Gasteiger partial charge in [-0.2, -0.15) is 0 Å². The van der Waals surface area contributed by atoms with E-state index in [1.807, 2.05) is 11.4 Å². The summed E-state index contributed by atoms with van der Waals surface area (Å²) >= 11 is 7.62. The lowest BCUT2D eigenvalue weighted by Crippen LogP contribution is -2.20. The Bertz CT molecular complexity index is 566. The lowest BCUT2D eigenvalue weighted by atomic mass is 10.1. The number of thiophene rings is 1. The van der Waals surface area contributed by atoms with Crippen molar-refractivity contribution < 1.29 is 14.6 Å². The molecule has 1 aromatic carbocycles. The topological polar surface area (TPSA) is 50.7 Å². The number of halogens is 1. The molecule has 1 heterocycles. The number of hydrogen-bond acceptors (Lipinski definition) is 5. The number of aliphatic hydroxyl groups is 1. The molecule has 114 valence electrons. The molecule has 0 aliphatic heterocycles. The maximum absolute atomic E-state index is 10.3. The Kier molecular flexibility index (Phi) is 5.87. The van der Waals surface area contributed by atoms with Gasteiger partial charge in [-0.1, -0.05) is 11.6 Å². The minimum absolute atomic E-state index is 0.421. The standard InChI is InChI=1S/C15H18ClNO3S/c1-19-11-5-10(6-12(7-11)20-2)14(18)8-17-9-15-13(16)3-4-21-15/h3-7,14,17-18H,8-9H2,1-2H3. The maximum Gasteiger partial charge on any atom is 0.122 e. The molecule has 0 spiro atoms. The minimum atomic E-state index is -0.646. The average molecular weight is 328 g/mol. The fourth-order valence-electron chi connectivity index (χ4n) is 1.91. The van der Waals surface area contributed by atoms with E-state index in [-0.39, 0.29) is 0 Å². The van der Waals surface area contributed by atoms with E-state index in [0.29, 0.717) is 24.6 Å². The lowest BCUT2D eigenvalue weighted by molar-refractivity contribution is 0.173. The van der Waals surface area contributed by atoms with E-state index in [1.54, 1.807) is 43.8 Å². The third kappa shape index (κ3) is 4.35. The van der Waals surface area contributed by atoms with Crippen LogP contribution >= 0.6 is 22.9 Å². The Morgan fingerprint density at radius 2 is 1.90 bits per heavy atom. The molecule has 0 aliphatic carbocycles. The van der Waals surface area contributed by atoms with Gasteiger partial charge in [0.1, 0.15) is 11.5 Å². The molecule has 0 fully saturated rings. The summed E-state index contributed by atoms with van der Waals surface area (Å²) in [5.41, 5.74) is 0.746. The highest BCUT2D eigenvalue weighted by atomic mass is 35.5. The third-order valence-corrected chi connectivity index (χ3v) is 4.46. The van der Waals surface area contributed by atoms with E-state index in [4.69, 9.17) is 21.1 Å². The monoisotopic (exact) mass is 327 g/mol. The van der Waals surface area contributed by atoms with Crippen LogP contribution in [0, 0.1) is 0 Å². The van der Waals surface area contributed by atoms with Gasteiger partial charge in [-0.05, 0) is 29.1 Å². The quantitative estimate of drug-likeness (QED) is 0.819. The zero-order valence-electron chi connectivity index (χ0n) is 11.9. The van der Waals surface area contributed by atoms with Crippen molar-refractivity contribution in [3.8, 4) is 11.5 Å². The number of rotatable bonds is 7. The molecule has 4 nitrogen and oxygen atoms in total. The van der Waals surface area contributed by atoms with Gasteiger partial charge < -0.3 is 19.9 Å². The molecule has 0 radical (unpaired) electrons. The van der Waals surface area contributed by atoms with Crippen LogP contribution in [-0.2, 0) is 6.54 Å². The van der Waals surface area contributed by atoms with Crippen LogP contribution in [0.5, 0.6) is 11.5 Å². The van der Waals surface area contributed by atoms with Crippen molar-refractivity contribution in [1.29, 1.82) is 0 Å². The van der Waals surface area contributed by atoms with Gasteiger partial charge >= 0.3 is 0 Å². The molecule has 2 aromatic rings. The number of benzene rings is 1. The summed E-state index contributed by atoms with van der Waals surface area (Å²) in [5.74, 6) is 1.31. The van der Waals surface area contributed by atoms with Crippen LogP contribution in [0.3, 0.4) is 0 Å². The zero-order valence-corrected chi connectivity index (χ0v) is 13.5.